The highest BCUT2D eigenvalue weighted by atomic mass is 32.2. The van der Waals surface area contributed by atoms with Gasteiger partial charge in [0.1, 0.15) is 10.8 Å². The highest BCUT2D eigenvalue weighted by Crippen LogP contribution is 2.27. The highest BCUT2D eigenvalue weighted by Gasteiger charge is 2.25. The average molecular weight is 336 g/mol. The van der Waals surface area contributed by atoms with Gasteiger partial charge in [0.15, 0.2) is 0 Å². The van der Waals surface area contributed by atoms with Gasteiger partial charge in [-0.05, 0) is 44.0 Å². The summed E-state index contributed by atoms with van der Waals surface area (Å²) in [6, 6.07) is 6.75. The van der Waals surface area contributed by atoms with Crippen molar-refractivity contribution in [2.75, 3.05) is 0 Å². The molecule has 1 unspecified atom stereocenters. The van der Waals surface area contributed by atoms with Crippen LogP contribution in [0.25, 0.3) is 10.6 Å². The summed E-state index contributed by atoms with van der Waals surface area (Å²) in [7, 11) is 0. The van der Waals surface area contributed by atoms with Crippen LogP contribution in [-0.4, -0.2) is 22.2 Å². The molecule has 2 aromatic rings. The maximum atomic E-state index is 12.9. The Morgan fingerprint density at radius 2 is 2.18 bits per heavy atom. The van der Waals surface area contributed by atoms with Gasteiger partial charge >= 0.3 is 0 Å². The van der Waals surface area contributed by atoms with Crippen molar-refractivity contribution in [3.05, 3.63) is 41.2 Å². The van der Waals surface area contributed by atoms with Gasteiger partial charge in [0.05, 0.1) is 10.9 Å². The van der Waals surface area contributed by atoms with E-state index in [9.17, 15) is 9.18 Å². The standard InChI is InChI=1S/C16H17FN2OS2/c1-10(15(20)18-13-6-7-13)21-8-14-9-22-16(19-14)11-2-4-12(17)5-3-11/h2-5,9-10,13H,6-8H2,1H3,(H,18,20). The molecule has 0 saturated heterocycles. The highest BCUT2D eigenvalue weighted by molar-refractivity contribution is 7.99. The molecular formula is C16H17FN2OS2. The van der Waals surface area contributed by atoms with Crippen LogP contribution < -0.4 is 5.32 Å². The molecule has 0 aliphatic heterocycles. The lowest BCUT2D eigenvalue weighted by atomic mass is 10.2. The summed E-state index contributed by atoms with van der Waals surface area (Å²) < 4.78 is 12.9. The van der Waals surface area contributed by atoms with Gasteiger partial charge in [-0.15, -0.1) is 23.1 Å². The first kappa shape index (κ1) is 15.5. The minimum Gasteiger partial charge on any atom is -0.352 e. The van der Waals surface area contributed by atoms with Crippen LogP contribution in [0.2, 0.25) is 0 Å². The zero-order chi connectivity index (χ0) is 15.5. The first-order valence-corrected chi connectivity index (χ1v) is 9.17. The number of rotatable bonds is 6. The molecule has 116 valence electrons. The van der Waals surface area contributed by atoms with Crippen molar-refractivity contribution in [2.24, 2.45) is 0 Å². The lowest BCUT2D eigenvalue weighted by Crippen LogP contribution is -2.32. The summed E-state index contributed by atoms with van der Waals surface area (Å²) in [4.78, 5) is 16.4. The van der Waals surface area contributed by atoms with Gasteiger partial charge in [0, 0.05) is 22.7 Å². The van der Waals surface area contributed by atoms with Crippen LogP contribution in [-0.2, 0) is 10.5 Å². The Morgan fingerprint density at radius 3 is 2.86 bits per heavy atom. The molecule has 3 nitrogen and oxygen atoms in total. The Labute approximate surface area is 137 Å². The minimum absolute atomic E-state index is 0.0726. The van der Waals surface area contributed by atoms with Crippen molar-refractivity contribution in [3.63, 3.8) is 0 Å². The van der Waals surface area contributed by atoms with E-state index in [4.69, 9.17) is 0 Å². The zero-order valence-corrected chi connectivity index (χ0v) is 13.8. The third kappa shape index (κ3) is 4.08. The number of carbonyl (C=O) groups excluding carboxylic acids is 1. The Morgan fingerprint density at radius 1 is 1.45 bits per heavy atom. The third-order valence-corrected chi connectivity index (χ3v) is 5.53. The molecule has 1 aliphatic carbocycles. The van der Waals surface area contributed by atoms with E-state index >= 15 is 0 Å². The molecule has 0 spiro atoms. The lowest BCUT2D eigenvalue weighted by Gasteiger charge is -2.10. The number of nitrogens with zero attached hydrogens (tertiary/aromatic N) is 1. The lowest BCUT2D eigenvalue weighted by molar-refractivity contribution is -0.120. The number of thiazole rings is 1. The number of hydrogen-bond donors (Lipinski definition) is 1. The number of nitrogens with one attached hydrogen (secondary N) is 1. The molecule has 1 aliphatic rings. The molecule has 1 aromatic carbocycles. The van der Waals surface area contributed by atoms with E-state index in [-0.39, 0.29) is 17.0 Å². The smallest absolute Gasteiger partial charge is 0.233 e. The molecule has 6 heteroatoms. The molecular weight excluding hydrogens is 319 g/mol. The van der Waals surface area contributed by atoms with Gasteiger partial charge in [-0.3, -0.25) is 4.79 Å². The fourth-order valence-electron chi connectivity index (χ4n) is 1.93. The van der Waals surface area contributed by atoms with Crippen molar-refractivity contribution in [1.29, 1.82) is 0 Å². The fraction of sp³-hybridized carbons (Fsp3) is 0.375. The minimum atomic E-state index is -0.244. The summed E-state index contributed by atoms with van der Waals surface area (Å²) in [6.45, 7) is 1.93. The predicted octanol–water partition coefficient (Wildman–Crippen LogP) is 3.85. The molecule has 1 atom stereocenters. The van der Waals surface area contributed by atoms with Crippen molar-refractivity contribution < 1.29 is 9.18 Å². The predicted molar refractivity (Wildman–Crippen MR) is 89.4 cm³/mol. The molecule has 0 radical (unpaired) electrons. The summed E-state index contributed by atoms with van der Waals surface area (Å²) in [6.07, 6.45) is 2.21. The fourth-order valence-corrected chi connectivity index (χ4v) is 3.65. The first-order valence-electron chi connectivity index (χ1n) is 7.24. The van der Waals surface area contributed by atoms with Crippen LogP contribution in [0.1, 0.15) is 25.5 Å². The maximum Gasteiger partial charge on any atom is 0.233 e. The monoisotopic (exact) mass is 336 g/mol. The Balaban J connectivity index is 1.55. The van der Waals surface area contributed by atoms with Crippen LogP contribution in [0.3, 0.4) is 0 Å². The number of halogens is 1. The Hall–Kier alpha value is -1.40. The quantitative estimate of drug-likeness (QED) is 0.871. The number of thioether (sulfide) groups is 1. The number of aromatic nitrogens is 1. The maximum absolute atomic E-state index is 12.9. The Kier molecular flexibility index (Phi) is 4.78. The van der Waals surface area contributed by atoms with Crippen LogP contribution in [0, 0.1) is 5.82 Å². The van der Waals surface area contributed by atoms with E-state index < -0.39 is 0 Å². The van der Waals surface area contributed by atoms with E-state index in [1.54, 1.807) is 35.2 Å². The van der Waals surface area contributed by atoms with Crippen LogP contribution >= 0.6 is 23.1 Å². The van der Waals surface area contributed by atoms with Gasteiger partial charge in [-0.1, -0.05) is 0 Å². The van der Waals surface area contributed by atoms with Crippen LogP contribution in [0.4, 0.5) is 4.39 Å². The van der Waals surface area contributed by atoms with Gasteiger partial charge in [-0.25, -0.2) is 9.37 Å². The number of hydrogen-bond acceptors (Lipinski definition) is 4. The molecule has 1 heterocycles. The molecule has 22 heavy (non-hydrogen) atoms. The van der Waals surface area contributed by atoms with Crippen LogP contribution in [0.5, 0.6) is 0 Å². The van der Waals surface area contributed by atoms with Gasteiger partial charge in [0.25, 0.3) is 0 Å². The van der Waals surface area contributed by atoms with Crippen molar-refractivity contribution >= 4 is 29.0 Å². The molecule has 1 aromatic heterocycles. The second-order valence-corrected chi connectivity index (χ2v) is 7.57. The molecule has 3 rings (SSSR count). The van der Waals surface area contributed by atoms with E-state index in [1.807, 2.05) is 12.3 Å². The van der Waals surface area contributed by atoms with E-state index in [0.717, 1.165) is 29.1 Å². The summed E-state index contributed by atoms with van der Waals surface area (Å²) >= 11 is 3.13. The largest absolute Gasteiger partial charge is 0.352 e. The SMILES string of the molecule is CC(SCc1csc(-c2ccc(F)cc2)n1)C(=O)NC1CC1. The van der Waals surface area contributed by atoms with Gasteiger partial charge < -0.3 is 5.32 Å². The van der Waals surface area contributed by atoms with Crippen molar-refractivity contribution in [2.45, 2.75) is 36.8 Å². The zero-order valence-electron chi connectivity index (χ0n) is 12.2. The average Bonchev–Trinajstić information content (AvgIpc) is 3.20. The number of amides is 1. The summed E-state index contributed by atoms with van der Waals surface area (Å²) in [5.41, 5.74) is 1.88. The topological polar surface area (TPSA) is 42.0 Å². The summed E-state index contributed by atoms with van der Waals surface area (Å²) in [5, 5.41) is 5.82. The van der Waals surface area contributed by atoms with Crippen LogP contribution in [0.15, 0.2) is 29.6 Å². The number of benzene rings is 1. The Bertz CT molecular complexity index is 652. The molecule has 1 fully saturated rings. The normalized spacial score (nSPS) is 15.5. The first-order chi connectivity index (χ1) is 10.6. The number of carbonyl (C=O) groups is 1. The molecule has 1 saturated carbocycles. The second-order valence-electron chi connectivity index (χ2n) is 5.39. The van der Waals surface area contributed by atoms with Gasteiger partial charge in [-0.2, -0.15) is 0 Å². The molecule has 0 bridgehead atoms. The molecule has 1 N–H and O–H groups in total. The van der Waals surface area contributed by atoms with E-state index in [2.05, 4.69) is 10.3 Å². The van der Waals surface area contributed by atoms with Crippen molar-refractivity contribution in [1.82, 2.24) is 10.3 Å². The molecule has 1 amide bonds. The third-order valence-electron chi connectivity index (χ3n) is 3.42. The van der Waals surface area contributed by atoms with Crippen molar-refractivity contribution in [3.8, 4) is 10.6 Å². The van der Waals surface area contributed by atoms with Gasteiger partial charge in [0.2, 0.25) is 5.91 Å². The second kappa shape index (κ2) is 6.79. The van der Waals surface area contributed by atoms with E-state index in [0.29, 0.717) is 11.8 Å². The summed E-state index contributed by atoms with van der Waals surface area (Å²) in [5.74, 6) is 0.574. The van der Waals surface area contributed by atoms with E-state index in [1.165, 1.54) is 12.1 Å².